The van der Waals surface area contributed by atoms with Crippen LogP contribution in [0.15, 0.2) is 6.33 Å². The molecular formula is C9H12ClN5O2. The van der Waals surface area contributed by atoms with E-state index in [-0.39, 0.29) is 18.4 Å². The van der Waals surface area contributed by atoms with E-state index in [9.17, 15) is 5.11 Å². The van der Waals surface area contributed by atoms with Crippen molar-refractivity contribution >= 4 is 28.6 Å². The zero-order chi connectivity index (χ0) is 12.5. The van der Waals surface area contributed by atoms with Crippen LogP contribution in [0.1, 0.15) is 6.92 Å². The summed E-state index contributed by atoms with van der Waals surface area (Å²) in [6.45, 7) is 1.28. The third kappa shape index (κ3) is 2.63. The van der Waals surface area contributed by atoms with Gasteiger partial charge in [0.05, 0.1) is 12.9 Å². The van der Waals surface area contributed by atoms with E-state index in [1.54, 1.807) is 0 Å². The smallest absolute Gasteiger partial charge is 0.226 e. The zero-order valence-corrected chi connectivity index (χ0v) is 9.86. The maximum absolute atomic E-state index is 9.66. The summed E-state index contributed by atoms with van der Waals surface area (Å²) in [6, 6.07) is 0. The largest absolute Gasteiger partial charge is 0.393 e. The number of imidazole rings is 1. The Balaban J connectivity index is 2.26. The molecule has 1 unspecified atom stereocenters. The van der Waals surface area contributed by atoms with E-state index in [4.69, 9.17) is 16.7 Å². The minimum atomic E-state index is -1.23. The van der Waals surface area contributed by atoms with Crippen LogP contribution >= 0.6 is 11.6 Å². The summed E-state index contributed by atoms with van der Waals surface area (Å²) in [6.07, 6.45) is 1.48. The number of hydrogen-bond donors (Lipinski definition) is 4. The standard InChI is InChI=1S/C9H12ClN5O2/c1-9(17,3-16)2-11-6-5-7(13-4-12-5)15-8(10)14-6/h4,16-17H,2-3H2,1H3,(H2,11,12,13,14,15). The molecule has 0 aliphatic carbocycles. The van der Waals surface area contributed by atoms with Crippen LogP contribution in [-0.2, 0) is 0 Å². The molecule has 8 heteroatoms. The summed E-state index contributed by atoms with van der Waals surface area (Å²) in [5.74, 6) is 0.436. The Morgan fingerprint density at radius 2 is 2.29 bits per heavy atom. The van der Waals surface area contributed by atoms with Gasteiger partial charge >= 0.3 is 0 Å². The number of hydrogen-bond acceptors (Lipinski definition) is 6. The molecule has 0 saturated heterocycles. The van der Waals surface area contributed by atoms with Gasteiger partial charge in [0.25, 0.3) is 0 Å². The van der Waals surface area contributed by atoms with Crippen LogP contribution in [0.4, 0.5) is 5.82 Å². The van der Waals surface area contributed by atoms with Crippen molar-refractivity contribution in [2.75, 3.05) is 18.5 Å². The minimum absolute atomic E-state index is 0.0655. The lowest BCUT2D eigenvalue weighted by atomic mass is 10.1. The Morgan fingerprint density at radius 3 is 3.00 bits per heavy atom. The van der Waals surface area contributed by atoms with E-state index in [0.717, 1.165) is 0 Å². The fourth-order valence-electron chi connectivity index (χ4n) is 1.26. The Labute approximate surface area is 102 Å². The van der Waals surface area contributed by atoms with Gasteiger partial charge in [-0.2, -0.15) is 9.97 Å². The third-order valence-electron chi connectivity index (χ3n) is 2.24. The van der Waals surface area contributed by atoms with Gasteiger partial charge < -0.3 is 20.5 Å². The SMILES string of the molecule is CC(O)(CO)CNc1nc(Cl)nc2nc[nH]c12. The lowest BCUT2D eigenvalue weighted by Crippen LogP contribution is -2.37. The number of fused-ring (bicyclic) bond motifs is 1. The van der Waals surface area contributed by atoms with Crippen molar-refractivity contribution in [3.63, 3.8) is 0 Å². The van der Waals surface area contributed by atoms with Gasteiger partial charge in [0.15, 0.2) is 11.5 Å². The van der Waals surface area contributed by atoms with Crippen LogP contribution in [0.2, 0.25) is 5.28 Å². The van der Waals surface area contributed by atoms with Crippen molar-refractivity contribution in [1.82, 2.24) is 19.9 Å². The number of aliphatic hydroxyl groups excluding tert-OH is 1. The first-order valence-corrected chi connectivity index (χ1v) is 5.33. The predicted octanol–water partition coefficient (Wildman–Crippen LogP) is 0.162. The van der Waals surface area contributed by atoms with Gasteiger partial charge in [-0.1, -0.05) is 0 Å². The highest BCUT2D eigenvalue weighted by atomic mass is 35.5. The zero-order valence-electron chi connectivity index (χ0n) is 9.11. The van der Waals surface area contributed by atoms with Gasteiger partial charge in [-0.15, -0.1) is 0 Å². The van der Waals surface area contributed by atoms with Gasteiger partial charge in [-0.3, -0.25) is 0 Å². The quantitative estimate of drug-likeness (QED) is 0.582. The number of rotatable bonds is 4. The van der Waals surface area contributed by atoms with Gasteiger partial charge in [0, 0.05) is 6.54 Å². The number of halogens is 1. The van der Waals surface area contributed by atoms with Crippen molar-refractivity contribution in [2.45, 2.75) is 12.5 Å². The molecule has 0 aliphatic rings. The Hall–Kier alpha value is -1.44. The molecule has 92 valence electrons. The highest BCUT2D eigenvalue weighted by Crippen LogP contribution is 2.19. The Kier molecular flexibility index (Phi) is 3.14. The number of aromatic nitrogens is 4. The summed E-state index contributed by atoms with van der Waals surface area (Å²) in [4.78, 5) is 14.7. The lowest BCUT2D eigenvalue weighted by molar-refractivity contribution is 0.0132. The van der Waals surface area contributed by atoms with Crippen LogP contribution < -0.4 is 5.32 Å². The molecule has 7 nitrogen and oxygen atoms in total. The fraction of sp³-hybridized carbons (Fsp3) is 0.444. The average molecular weight is 258 g/mol. The van der Waals surface area contributed by atoms with Crippen molar-refractivity contribution in [1.29, 1.82) is 0 Å². The molecule has 0 bridgehead atoms. The number of anilines is 1. The maximum atomic E-state index is 9.66. The molecule has 2 heterocycles. The molecule has 0 amide bonds. The minimum Gasteiger partial charge on any atom is -0.393 e. The maximum Gasteiger partial charge on any atom is 0.226 e. The predicted molar refractivity (Wildman–Crippen MR) is 62.9 cm³/mol. The molecule has 0 spiro atoms. The highest BCUT2D eigenvalue weighted by molar-refractivity contribution is 6.28. The third-order valence-corrected chi connectivity index (χ3v) is 2.40. The average Bonchev–Trinajstić information content (AvgIpc) is 2.73. The van der Waals surface area contributed by atoms with Crippen LogP contribution in [-0.4, -0.2) is 48.9 Å². The van der Waals surface area contributed by atoms with E-state index in [1.165, 1.54) is 13.3 Å². The number of H-pyrrole nitrogens is 1. The summed E-state index contributed by atoms with van der Waals surface area (Å²) >= 11 is 5.74. The first-order chi connectivity index (χ1) is 8.02. The number of aromatic amines is 1. The summed E-state index contributed by atoms with van der Waals surface area (Å²) in [7, 11) is 0. The molecule has 2 aromatic heterocycles. The van der Waals surface area contributed by atoms with Crippen LogP contribution in [0, 0.1) is 0 Å². The van der Waals surface area contributed by atoms with E-state index < -0.39 is 5.60 Å². The van der Waals surface area contributed by atoms with Crippen molar-refractivity contribution in [3.8, 4) is 0 Å². The van der Waals surface area contributed by atoms with Gasteiger partial charge in [-0.05, 0) is 18.5 Å². The topological polar surface area (TPSA) is 107 Å². The second kappa shape index (κ2) is 4.44. The molecular weight excluding hydrogens is 246 g/mol. The highest BCUT2D eigenvalue weighted by Gasteiger charge is 2.19. The number of aliphatic hydroxyl groups is 2. The van der Waals surface area contributed by atoms with E-state index >= 15 is 0 Å². The Morgan fingerprint density at radius 1 is 1.53 bits per heavy atom. The second-order valence-electron chi connectivity index (χ2n) is 3.95. The molecule has 0 saturated carbocycles. The summed E-state index contributed by atoms with van der Waals surface area (Å²) < 4.78 is 0. The molecule has 0 aliphatic heterocycles. The molecule has 0 radical (unpaired) electrons. The van der Waals surface area contributed by atoms with Crippen molar-refractivity contribution in [3.05, 3.63) is 11.6 Å². The first kappa shape index (κ1) is 12.0. The molecule has 0 fully saturated rings. The molecule has 1 atom stereocenters. The van der Waals surface area contributed by atoms with E-state index in [0.29, 0.717) is 17.0 Å². The van der Waals surface area contributed by atoms with Gasteiger partial charge in [0.1, 0.15) is 11.1 Å². The van der Waals surface area contributed by atoms with Gasteiger partial charge in [0.2, 0.25) is 5.28 Å². The van der Waals surface area contributed by atoms with Crippen LogP contribution in [0.25, 0.3) is 11.2 Å². The van der Waals surface area contributed by atoms with Crippen molar-refractivity contribution < 1.29 is 10.2 Å². The number of nitrogens with zero attached hydrogens (tertiary/aromatic N) is 3. The summed E-state index contributed by atoms with van der Waals surface area (Å²) in [5, 5.41) is 21.5. The first-order valence-electron chi connectivity index (χ1n) is 4.95. The molecule has 4 N–H and O–H groups in total. The molecule has 0 aromatic carbocycles. The second-order valence-corrected chi connectivity index (χ2v) is 4.29. The molecule has 2 aromatic rings. The van der Waals surface area contributed by atoms with Crippen LogP contribution in [0.3, 0.4) is 0 Å². The molecule has 2 rings (SSSR count). The summed E-state index contributed by atoms with van der Waals surface area (Å²) in [5.41, 5.74) is -0.191. The van der Waals surface area contributed by atoms with Crippen molar-refractivity contribution in [2.24, 2.45) is 0 Å². The van der Waals surface area contributed by atoms with Crippen LogP contribution in [0.5, 0.6) is 0 Å². The lowest BCUT2D eigenvalue weighted by Gasteiger charge is -2.20. The molecule has 17 heavy (non-hydrogen) atoms. The van der Waals surface area contributed by atoms with E-state index in [1.807, 2.05) is 0 Å². The number of nitrogens with one attached hydrogen (secondary N) is 2. The normalized spacial score (nSPS) is 14.8. The fourth-order valence-corrected chi connectivity index (χ4v) is 1.43. The Bertz CT molecular complexity index is 527. The monoisotopic (exact) mass is 257 g/mol. The van der Waals surface area contributed by atoms with E-state index in [2.05, 4.69) is 25.3 Å². The van der Waals surface area contributed by atoms with Gasteiger partial charge in [-0.25, -0.2) is 4.98 Å².